The highest BCUT2D eigenvalue weighted by atomic mass is 79.9. The molecule has 1 amide bonds. The lowest BCUT2D eigenvalue weighted by Gasteiger charge is -2.33. The van der Waals surface area contributed by atoms with Crippen LogP contribution < -0.4 is 11.1 Å². The summed E-state index contributed by atoms with van der Waals surface area (Å²) in [5.41, 5.74) is 6.30. The van der Waals surface area contributed by atoms with Crippen molar-refractivity contribution in [3.05, 3.63) is 33.0 Å². The number of guanidine groups is 1. The lowest BCUT2D eigenvalue weighted by molar-refractivity contribution is 0.0664. The number of amides is 1. The second kappa shape index (κ2) is 4.92. The lowest BCUT2D eigenvalue weighted by Crippen LogP contribution is -2.54. The molecule has 0 fully saturated rings. The summed E-state index contributed by atoms with van der Waals surface area (Å²) in [5.74, 6) is 0.314. The van der Waals surface area contributed by atoms with Gasteiger partial charge in [0.25, 0.3) is 5.91 Å². The van der Waals surface area contributed by atoms with E-state index >= 15 is 0 Å². The van der Waals surface area contributed by atoms with Crippen molar-refractivity contribution < 1.29 is 4.79 Å². The Bertz CT molecular complexity index is 636. The van der Waals surface area contributed by atoms with E-state index < -0.39 is 0 Å². The molecule has 0 aromatic carbocycles. The fourth-order valence-corrected chi connectivity index (χ4v) is 3.24. The van der Waals surface area contributed by atoms with Gasteiger partial charge >= 0.3 is 0 Å². The molecule has 0 aliphatic carbocycles. The molecule has 0 radical (unpaired) electrons. The maximum Gasteiger partial charge on any atom is 0.272 e. The van der Waals surface area contributed by atoms with Gasteiger partial charge in [-0.2, -0.15) is 0 Å². The number of hydrogen-bond donors (Lipinski definition) is 2. The van der Waals surface area contributed by atoms with Gasteiger partial charge in [-0.05, 0) is 37.9 Å². The number of rotatable bonds is 1. The van der Waals surface area contributed by atoms with Crippen molar-refractivity contribution in [3.63, 3.8) is 0 Å². The largest absolute Gasteiger partial charge is 0.370 e. The Morgan fingerprint density at radius 2 is 2.30 bits per heavy atom. The van der Waals surface area contributed by atoms with Crippen LogP contribution in [-0.2, 0) is 7.05 Å². The number of halogens is 2. The van der Waals surface area contributed by atoms with Crippen LogP contribution in [0.1, 0.15) is 10.5 Å². The molecule has 6 nitrogen and oxygen atoms in total. The van der Waals surface area contributed by atoms with E-state index in [0.29, 0.717) is 18.2 Å². The summed E-state index contributed by atoms with van der Waals surface area (Å²) < 4.78 is 3.49. The van der Waals surface area contributed by atoms with Crippen molar-refractivity contribution in [1.29, 1.82) is 0 Å². The molecule has 3 rings (SSSR count). The number of carbonyl (C=O) groups is 1. The topological polar surface area (TPSA) is 75.7 Å². The standard InChI is InChI=1S/C12H13Br2N5O/c1-18-8(5-6(13)9(18)14)11(20)19-4-2-3-7-10(19)17-12(15)16-7/h2-3,5,7,10H,4H2,1H3,(H3,15,16,17). The molecular weight excluding hydrogens is 390 g/mol. The molecule has 2 aliphatic heterocycles. The first-order chi connectivity index (χ1) is 9.49. The van der Waals surface area contributed by atoms with Gasteiger partial charge in [-0.25, -0.2) is 4.99 Å². The Kier molecular flexibility index (Phi) is 3.37. The fraction of sp³-hybridized carbons (Fsp3) is 0.333. The average Bonchev–Trinajstić information content (AvgIpc) is 2.92. The molecule has 0 saturated heterocycles. The first-order valence-corrected chi connectivity index (χ1v) is 7.66. The number of carbonyl (C=O) groups excluding carboxylic acids is 1. The molecule has 0 bridgehead atoms. The van der Waals surface area contributed by atoms with E-state index in [0.717, 1.165) is 9.08 Å². The van der Waals surface area contributed by atoms with E-state index in [-0.39, 0.29) is 18.1 Å². The number of nitrogens with one attached hydrogen (secondary N) is 1. The molecule has 106 valence electrons. The smallest absolute Gasteiger partial charge is 0.272 e. The van der Waals surface area contributed by atoms with Crippen molar-refractivity contribution in [3.8, 4) is 0 Å². The van der Waals surface area contributed by atoms with Crippen molar-refractivity contribution in [1.82, 2.24) is 14.8 Å². The quantitative estimate of drug-likeness (QED) is 0.692. The van der Waals surface area contributed by atoms with Gasteiger partial charge < -0.3 is 20.5 Å². The molecule has 2 atom stereocenters. The van der Waals surface area contributed by atoms with Gasteiger partial charge in [0.2, 0.25) is 0 Å². The maximum absolute atomic E-state index is 12.7. The Morgan fingerprint density at radius 3 is 2.95 bits per heavy atom. The molecule has 8 heteroatoms. The van der Waals surface area contributed by atoms with Crippen LogP contribution in [0.25, 0.3) is 0 Å². The first kappa shape index (κ1) is 13.7. The number of nitrogens with two attached hydrogens (primary N) is 1. The van der Waals surface area contributed by atoms with Gasteiger partial charge in [-0.15, -0.1) is 0 Å². The Balaban J connectivity index is 1.91. The Labute approximate surface area is 133 Å². The highest BCUT2D eigenvalue weighted by molar-refractivity contribution is 9.13. The summed E-state index contributed by atoms with van der Waals surface area (Å²) in [6.45, 7) is 0.538. The summed E-state index contributed by atoms with van der Waals surface area (Å²) in [7, 11) is 1.84. The zero-order chi connectivity index (χ0) is 14.4. The SMILES string of the molecule is Cn1c(C(=O)N2CC=CC3N=C(N)NC32)cc(Br)c1Br. The predicted molar refractivity (Wildman–Crippen MR) is 83.3 cm³/mol. The second-order valence-electron chi connectivity index (χ2n) is 4.71. The minimum absolute atomic E-state index is 0.0596. The van der Waals surface area contributed by atoms with Crippen molar-refractivity contribution in [2.24, 2.45) is 17.8 Å². The average molecular weight is 403 g/mol. The molecule has 3 heterocycles. The van der Waals surface area contributed by atoms with E-state index in [2.05, 4.69) is 42.2 Å². The number of aromatic nitrogens is 1. The van der Waals surface area contributed by atoms with Crippen LogP contribution in [0.3, 0.4) is 0 Å². The number of hydrogen-bond acceptors (Lipinski definition) is 4. The predicted octanol–water partition coefficient (Wildman–Crippen LogP) is 1.17. The molecule has 1 aromatic rings. The molecule has 20 heavy (non-hydrogen) atoms. The van der Waals surface area contributed by atoms with E-state index in [1.807, 2.05) is 19.2 Å². The van der Waals surface area contributed by atoms with E-state index in [9.17, 15) is 4.79 Å². The third kappa shape index (κ3) is 2.07. The van der Waals surface area contributed by atoms with E-state index in [1.165, 1.54) is 0 Å². The van der Waals surface area contributed by atoms with Crippen LogP contribution in [-0.4, -0.2) is 40.1 Å². The summed E-state index contributed by atoms with van der Waals surface area (Å²) in [5, 5.41) is 3.05. The lowest BCUT2D eigenvalue weighted by atomic mass is 10.1. The van der Waals surface area contributed by atoms with Crippen molar-refractivity contribution >= 4 is 43.7 Å². The normalized spacial score (nSPS) is 24.4. The number of fused-ring (bicyclic) bond motifs is 1. The molecule has 1 aromatic heterocycles. The van der Waals surface area contributed by atoms with Crippen molar-refractivity contribution in [2.45, 2.75) is 12.2 Å². The third-order valence-electron chi connectivity index (χ3n) is 3.47. The van der Waals surface area contributed by atoms with Gasteiger partial charge in [0.15, 0.2) is 5.96 Å². The molecule has 0 saturated carbocycles. The monoisotopic (exact) mass is 401 g/mol. The van der Waals surface area contributed by atoms with Crippen LogP contribution in [0.15, 0.2) is 32.3 Å². The summed E-state index contributed by atoms with van der Waals surface area (Å²) in [6.07, 6.45) is 3.70. The Hall–Kier alpha value is -1.28. The molecule has 0 spiro atoms. The number of aliphatic imine (C=N–C) groups is 1. The fourth-order valence-electron chi connectivity index (χ4n) is 2.45. The van der Waals surface area contributed by atoms with E-state index in [1.54, 1.807) is 15.5 Å². The third-order valence-corrected chi connectivity index (χ3v) is 5.57. The zero-order valence-electron chi connectivity index (χ0n) is 10.7. The zero-order valence-corrected chi connectivity index (χ0v) is 13.8. The Morgan fingerprint density at radius 1 is 1.55 bits per heavy atom. The van der Waals surface area contributed by atoms with Gasteiger partial charge in [0.1, 0.15) is 17.9 Å². The molecule has 2 aliphatic rings. The van der Waals surface area contributed by atoms with Gasteiger partial charge in [0, 0.05) is 13.6 Å². The van der Waals surface area contributed by atoms with Crippen LogP contribution in [0.4, 0.5) is 0 Å². The molecular formula is C12H13Br2N5O. The first-order valence-electron chi connectivity index (χ1n) is 6.07. The van der Waals surface area contributed by atoms with Crippen molar-refractivity contribution in [2.75, 3.05) is 6.54 Å². The highest BCUT2D eigenvalue weighted by Crippen LogP contribution is 2.28. The van der Waals surface area contributed by atoms with Crippen LogP contribution >= 0.6 is 31.9 Å². The molecule has 3 N–H and O–H groups in total. The number of nitrogens with zero attached hydrogens (tertiary/aromatic N) is 3. The van der Waals surface area contributed by atoms with Gasteiger partial charge in [-0.1, -0.05) is 12.2 Å². The summed E-state index contributed by atoms with van der Waals surface area (Å²) >= 11 is 6.85. The van der Waals surface area contributed by atoms with Gasteiger partial charge in [0.05, 0.1) is 9.08 Å². The van der Waals surface area contributed by atoms with Crippen LogP contribution in [0.2, 0.25) is 0 Å². The second-order valence-corrected chi connectivity index (χ2v) is 6.31. The van der Waals surface area contributed by atoms with Crippen LogP contribution in [0.5, 0.6) is 0 Å². The molecule has 2 unspecified atom stereocenters. The summed E-state index contributed by atoms with van der Waals surface area (Å²) in [6, 6.07) is 1.69. The summed E-state index contributed by atoms with van der Waals surface area (Å²) in [4.78, 5) is 18.7. The van der Waals surface area contributed by atoms with Crippen LogP contribution in [0, 0.1) is 0 Å². The van der Waals surface area contributed by atoms with Gasteiger partial charge in [-0.3, -0.25) is 4.79 Å². The highest BCUT2D eigenvalue weighted by Gasteiger charge is 2.37. The van der Waals surface area contributed by atoms with E-state index in [4.69, 9.17) is 5.73 Å². The minimum atomic E-state index is -0.208. The maximum atomic E-state index is 12.7. The minimum Gasteiger partial charge on any atom is -0.370 e.